The zero-order chi connectivity index (χ0) is 26.6. The van der Waals surface area contributed by atoms with Crippen molar-refractivity contribution in [2.24, 2.45) is 0 Å². The van der Waals surface area contributed by atoms with Crippen LogP contribution < -0.4 is 0 Å². The van der Waals surface area contributed by atoms with Crippen LogP contribution in [0.5, 0.6) is 0 Å². The fourth-order valence-corrected chi connectivity index (χ4v) is 5.79. The lowest BCUT2D eigenvalue weighted by Gasteiger charge is -2.33. The highest BCUT2D eigenvalue weighted by molar-refractivity contribution is 7.89. The van der Waals surface area contributed by atoms with Gasteiger partial charge in [-0.3, -0.25) is 19.3 Å². The van der Waals surface area contributed by atoms with Gasteiger partial charge in [-0.1, -0.05) is 12.1 Å². The summed E-state index contributed by atoms with van der Waals surface area (Å²) in [5.74, 6) is -2.08. The summed E-state index contributed by atoms with van der Waals surface area (Å²) in [6.07, 6.45) is -0.303. The molecule has 0 aromatic heterocycles. The average Bonchev–Trinajstić information content (AvgIpc) is 2.88. The van der Waals surface area contributed by atoms with Crippen molar-refractivity contribution in [1.29, 1.82) is 0 Å². The minimum absolute atomic E-state index is 0.0392. The van der Waals surface area contributed by atoms with E-state index in [0.29, 0.717) is 42.4 Å². The summed E-state index contributed by atoms with van der Waals surface area (Å²) < 4.78 is 46.3. The van der Waals surface area contributed by atoms with E-state index >= 15 is 0 Å². The lowest BCUT2D eigenvalue weighted by Crippen LogP contribution is -2.49. The summed E-state index contributed by atoms with van der Waals surface area (Å²) in [6.45, 7) is 2.68. The lowest BCUT2D eigenvalue weighted by atomic mass is 9.94. The Labute approximate surface area is 213 Å². The van der Waals surface area contributed by atoms with E-state index in [1.165, 1.54) is 52.8 Å². The molecule has 3 aromatic rings. The first kappa shape index (κ1) is 26.4. The van der Waals surface area contributed by atoms with Gasteiger partial charge in [0, 0.05) is 43.9 Å². The Bertz CT molecular complexity index is 1430. The Hall–Kier alpha value is -3.67. The SMILES string of the molecule is O=COCCN1CCN(S(=O)(=O)c2ccc(C(=O)c3cc(CC(=O)O)cc4ccc(F)cc34)cc2)CC1. The zero-order valence-electron chi connectivity index (χ0n) is 19.8. The third-order valence-electron chi connectivity index (χ3n) is 6.26. The molecule has 0 unspecified atom stereocenters. The van der Waals surface area contributed by atoms with Gasteiger partial charge in [-0.15, -0.1) is 0 Å². The van der Waals surface area contributed by atoms with E-state index in [-0.39, 0.29) is 42.1 Å². The fraction of sp³-hybridized carbons (Fsp3) is 0.269. The number of halogens is 1. The number of aliphatic carboxylic acids is 1. The second-order valence-electron chi connectivity index (χ2n) is 8.65. The summed E-state index contributed by atoms with van der Waals surface area (Å²) in [6, 6.07) is 12.5. The number of rotatable bonds is 10. The van der Waals surface area contributed by atoms with Crippen LogP contribution in [0.4, 0.5) is 4.39 Å². The summed E-state index contributed by atoms with van der Waals surface area (Å²) in [5, 5.41) is 10.0. The van der Waals surface area contributed by atoms with Crippen molar-refractivity contribution in [1.82, 2.24) is 9.21 Å². The second kappa shape index (κ2) is 11.2. The molecule has 0 atom stereocenters. The predicted molar refractivity (Wildman–Crippen MR) is 132 cm³/mol. The minimum Gasteiger partial charge on any atom is -0.481 e. The molecule has 11 heteroatoms. The predicted octanol–water partition coefficient (Wildman–Crippen LogP) is 2.32. The van der Waals surface area contributed by atoms with Gasteiger partial charge in [-0.05, 0) is 58.8 Å². The lowest BCUT2D eigenvalue weighted by molar-refractivity contribution is -0.136. The molecule has 0 radical (unpaired) electrons. The largest absolute Gasteiger partial charge is 0.481 e. The number of sulfonamides is 1. The topological polar surface area (TPSA) is 121 Å². The number of piperazine rings is 1. The number of fused-ring (bicyclic) bond motifs is 1. The van der Waals surface area contributed by atoms with Gasteiger partial charge in [0.15, 0.2) is 5.78 Å². The Morgan fingerprint density at radius 3 is 2.35 bits per heavy atom. The van der Waals surface area contributed by atoms with Crippen molar-refractivity contribution >= 4 is 39.0 Å². The summed E-state index contributed by atoms with van der Waals surface area (Å²) >= 11 is 0. The number of carboxylic acids is 1. The normalized spacial score (nSPS) is 14.9. The highest BCUT2D eigenvalue weighted by Crippen LogP contribution is 2.26. The molecule has 0 spiro atoms. The molecular weight excluding hydrogens is 503 g/mol. The summed E-state index contributed by atoms with van der Waals surface area (Å²) in [5.41, 5.74) is 0.724. The van der Waals surface area contributed by atoms with Crippen molar-refractivity contribution < 1.29 is 37.0 Å². The molecule has 0 aliphatic carbocycles. The molecule has 1 fully saturated rings. The molecule has 1 heterocycles. The number of ketones is 1. The van der Waals surface area contributed by atoms with Gasteiger partial charge in [0.25, 0.3) is 6.47 Å². The van der Waals surface area contributed by atoms with Gasteiger partial charge < -0.3 is 9.84 Å². The molecule has 3 aromatic carbocycles. The van der Waals surface area contributed by atoms with E-state index in [1.807, 2.05) is 4.90 Å². The monoisotopic (exact) mass is 528 g/mol. The standard InChI is InChI=1S/C26H25FN2O7S/c27-21-4-1-20-13-18(15-25(31)32)14-24(23(20)16-21)26(33)19-2-5-22(6-3-19)37(34,35)29-9-7-28(8-10-29)11-12-36-17-30/h1-6,13-14,16-17H,7-12,15H2,(H,31,32). The number of carbonyl (C=O) groups is 3. The number of ether oxygens (including phenoxy) is 1. The van der Waals surface area contributed by atoms with Crippen LogP contribution in [-0.2, 0) is 30.8 Å². The Morgan fingerprint density at radius 2 is 1.70 bits per heavy atom. The molecule has 1 aliphatic heterocycles. The Kier molecular flexibility index (Phi) is 7.96. The van der Waals surface area contributed by atoms with Gasteiger partial charge in [0.1, 0.15) is 12.4 Å². The van der Waals surface area contributed by atoms with E-state index in [1.54, 1.807) is 6.07 Å². The summed E-state index contributed by atoms with van der Waals surface area (Å²) in [7, 11) is -3.79. The molecule has 4 rings (SSSR count). The molecule has 0 bridgehead atoms. The van der Waals surface area contributed by atoms with Crippen LogP contribution in [0.1, 0.15) is 21.5 Å². The van der Waals surface area contributed by atoms with E-state index in [2.05, 4.69) is 4.74 Å². The van der Waals surface area contributed by atoms with Crippen LogP contribution in [0.25, 0.3) is 10.8 Å². The molecule has 9 nitrogen and oxygen atoms in total. The number of nitrogens with zero attached hydrogens (tertiary/aromatic N) is 2. The van der Waals surface area contributed by atoms with E-state index in [4.69, 9.17) is 0 Å². The highest BCUT2D eigenvalue weighted by Gasteiger charge is 2.28. The van der Waals surface area contributed by atoms with Crippen molar-refractivity contribution in [2.45, 2.75) is 11.3 Å². The van der Waals surface area contributed by atoms with Gasteiger partial charge in [-0.25, -0.2) is 12.8 Å². The third kappa shape index (κ3) is 6.01. The van der Waals surface area contributed by atoms with Gasteiger partial charge in [0.05, 0.1) is 11.3 Å². The van der Waals surface area contributed by atoms with Crippen LogP contribution in [-0.4, -0.2) is 80.3 Å². The van der Waals surface area contributed by atoms with E-state index < -0.39 is 27.6 Å². The maximum absolute atomic E-state index is 14.0. The first-order chi connectivity index (χ1) is 17.7. The first-order valence-electron chi connectivity index (χ1n) is 11.6. The fourth-order valence-electron chi connectivity index (χ4n) is 4.36. The van der Waals surface area contributed by atoms with Crippen molar-refractivity contribution in [3.05, 3.63) is 77.1 Å². The first-order valence-corrected chi connectivity index (χ1v) is 13.0. The van der Waals surface area contributed by atoms with Gasteiger partial charge in [0.2, 0.25) is 10.0 Å². The molecule has 1 saturated heterocycles. The maximum Gasteiger partial charge on any atom is 0.307 e. The van der Waals surface area contributed by atoms with Gasteiger partial charge in [-0.2, -0.15) is 4.31 Å². The van der Waals surface area contributed by atoms with Crippen molar-refractivity contribution in [3.8, 4) is 0 Å². The average molecular weight is 529 g/mol. The van der Waals surface area contributed by atoms with E-state index in [0.717, 1.165) is 0 Å². The van der Waals surface area contributed by atoms with Gasteiger partial charge >= 0.3 is 5.97 Å². The van der Waals surface area contributed by atoms with Crippen LogP contribution in [0.3, 0.4) is 0 Å². The molecular formula is C26H25FN2O7S. The summed E-state index contributed by atoms with van der Waals surface area (Å²) in [4.78, 5) is 36.9. The molecule has 37 heavy (non-hydrogen) atoms. The number of carboxylic acid groups (broad SMARTS) is 1. The van der Waals surface area contributed by atoms with Crippen LogP contribution in [0, 0.1) is 5.82 Å². The number of hydrogen-bond donors (Lipinski definition) is 1. The highest BCUT2D eigenvalue weighted by atomic mass is 32.2. The number of benzene rings is 3. The van der Waals surface area contributed by atoms with Crippen molar-refractivity contribution in [2.75, 3.05) is 39.3 Å². The number of hydrogen-bond acceptors (Lipinski definition) is 7. The zero-order valence-corrected chi connectivity index (χ0v) is 20.6. The number of carbonyl (C=O) groups excluding carboxylic acids is 2. The molecule has 0 saturated carbocycles. The van der Waals surface area contributed by atoms with Crippen LogP contribution >= 0.6 is 0 Å². The van der Waals surface area contributed by atoms with Crippen molar-refractivity contribution in [3.63, 3.8) is 0 Å². The van der Waals surface area contributed by atoms with Crippen LogP contribution in [0.15, 0.2) is 59.5 Å². The molecule has 194 valence electrons. The quantitative estimate of drug-likeness (QED) is 0.242. The molecule has 1 N–H and O–H groups in total. The maximum atomic E-state index is 14.0. The molecule has 1 aliphatic rings. The third-order valence-corrected chi connectivity index (χ3v) is 8.17. The van der Waals surface area contributed by atoms with Crippen LogP contribution in [0.2, 0.25) is 0 Å². The molecule has 0 amide bonds. The second-order valence-corrected chi connectivity index (χ2v) is 10.6. The minimum atomic E-state index is -3.79. The Morgan fingerprint density at radius 1 is 1.00 bits per heavy atom. The van der Waals surface area contributed by atoms with E-state index in [9.17, 15) is 32.3 Å². The smallest absolute Gasteiger partial charge is 0.307 e. The Balaban J connectivity index is 1.55.